The maximum absolute atomic E-state index is 13.6. The first-order chi connectivity index (χ1) is 37.0. The molecular formula is C56H104N3O17P. The molecule has 0 unspecified atom stereocenters. The minimum atomic E-state index is -4.99. The predicted octanol–water partition coefficient (Wildman–Crippen LogP) is 9.85. The number of aliphatic carboxylic acids is 2. The average Bonchev–Trinajstić information content (AvgIpc) is 3.36. The maximum Gasteiger partial charge on any atom is 0.469 e. The van der Waals surface area contributed by atoms with Gasteiger partial charge in [-0.05, 0) is 19.3 Å². The molecule has 8 N–H and O–H groups in total. The number of carboxylic acid groups (broad SMARTS) is 2. The van der Waals surface area contributed by atoms with Crippen LogP contribution >= 0.6 is 7.82 Å². The highest BCUT2D eigenvalue weighted by Crippen LogP contribution is 2.36. The monoisotopic (exact) mass is 1120 g/mol. The number of unbranched alkanes of at least 4 members (excludes halogenated alkanes) is 28. The van der Waals surface area contributed by atoms with Gasteiger partial charge in [0.1, 0.15) is 24.8 Å². The van der Waals surface area contributed by atoms with Crippen LogP contribution < -0.4 is 16.0 Å². The van der Waals surface area contributed by atoms with E-state index in [-0.39, 0.29) is 19.3 Å². The van der Waals surface area contributed by atoms with Gasteiger partial charge in [-0.1, -0.05) is 201 Å². The van der Waals surface area contributed by atoms with Gasteiger partial charge in [-0.3, -0.25) is 33.3 Å². The third kappa shape index (κ3) is 40.6. The molecule has 3 amide bonds. The van der Waals surface area contributed by atoms with Gasteiger partial charge >= 0.3 is 25.7 Å². The predicted molar refractivity (Wildman–Crippen MR) is 294 cm³/mol. The van der Waals surface area contributed by atoms with Crippen LogP contribution in [0.3, 0.4) is 0 Å². The summed E-state index contributed by atoms with van der Waals surface area (Å²) in [4.78, 5) is 95.7. The Bertz CT molecular complexity index is 1610. The lowest BCUT2D eigenvalue weighted by Gasteiger charge is -2.45. The summed E-state index contributed by atoms with van der Waals surface area (Å²) in [6, 6.07) is -2.62. The summed E-state index contributed by atoms with van der Waals surface area (Å²) in [5.74, 6) is -5.14. The quantitative estimate of drug-likeness (QED) is 0.0160. The molecule has 0 aliphatic carbocycles. The van der Waals surface area contributed by atoms with Gasteiger partial charge in [0, 0.05) is 19.3 Å². The zero-order valence-corrected chi connectivity index (χ0v) is 48.3. The molecule has 1 fully saturated rings. The molecule has 6 atom stereocenters. The van der Waals surface area contributed by atoms with Crippen molar-refractivity contribution in [1.82, 2.24) is 16.0 Å². The number of esters is 1. The summed E-state index contributed by atoms with van der Waals surface area (Å²) in [6.07, 6.45) is 23.4. The third-order valence-corrected chi connectivity index (χ3v) is 14.2. The van der Waals surface area contributed by atoms with Gasteiger partial charge in [-0.2, -0.15) is 0 Å². The number of hydrogen-bond acceptors (Lipinski definition) is 13. The number of rotatable bonds is 52. The van der Waals surface area contributed by atoms with E-state index in [0.29, 0.717) is 19.3 Å². The summed E-state index contributed by atoms with van der Waals surface area (Å²) < 4.78 is 40.2. The number of ether oxygens (including phenoxy) is 4. The highest BCUT2D eigenvalue weighted by Gasteiger charge is 2.50. The van der Waals surface area contributed by atoms with E-state index in [1.165, 1.54) is 96.3 Å². The van der Waals surface area contributed by atoms with Gasteiger partial charge < -0.3 is 60.0 Å². The molecule has 1 aliphatic rings. The smallest absolute Gasteiger partial charge is 0.469 e. The third-order valence-electron chi connectivity index (χ3n) is 13.8. The number of hydrogen-bond donors (Lipinski definition) is 8. The molecule has 0 aromatic heterocycles. The molecule has 1 aliphatic heterocycles. The number of carbonyl (C=O) groups excluding carboxylic acids is 4. The van der Waals surface area contributed by atoms with Gasteiger partial charge in [0.05, 0.1) is 44.8 Å². The number of aliphatic hydroxyl groups excluding tert-OH is 1. The number of carbonyl (C=O) groups is 6. The fourth-order valence-electron chi connectivity index (χ4n) is 9.36. The highest BCUT2D eigenvalue weighted by atomic mass is 31.2. The second-order valence-electron chi connectivity index (χ2n) is 21.0. The van der Waals surface area contributed by atoms with Gasteiger partial charge in [-0.15, -0.1) is 0 Å². The Morgan fingerprint density at radius 1 is 0.558 bits per heavy atom. The molecule has 0 aromatic carbocycles. The normalized spacial score (nSPS) is 18.0. The van der Waals surface area contributed by atoms with Crippen LogP contribution in [0.4, 0.5) is 0 Å². The SMILES string of the molecule is CCCCCCCCCCCCCC(=O)N[C@H](COC[C@H]1O[C@H](OC(CC(=O)O)CC(=O)O)[C@H](NC(=O)CCCCCCCCCCCCC)[C@@H](OC(=O)CNC(=O)CCCCCCCCCCC)[C@@H]1O)COP(=O)(O)O. The summed E-state index contributed by atoms with van der Waals surface area (Å²) >= 11 is 0. The van der Waals surface area contributed by atoms with Crippen molar-refractivity contribution in [2.75, 3.05) is 26.4 Å². The second kappa shape index (κ2) is 46.5. The van der Waals surface area contributed by atoms with Crippen molar-refractivity contribution in [1.29, 1.82) is 0 Å². The summed E-state index contributed by atoms with van der Waals surface area (Å²) in [5.41, 5.74) is 0. The van der Waals surface area contributed by atoms with Crippen molar-refractivity contribution in [2.24, 2.45) is 0 Å². The van der Waals surface area contributed by atoms with E-state index in [1.807, 2.05) is 0 Å². The van der Waals surface area contributed by atoms with Crippen LogP contribution in [0, 0.1) is 0 Å². The molecule has 1 saturated heterocycles. The van der Waals surface area contributed by atoms with Crippen LogP contribution in [0.25, 0.3) is 0 Å². The lowest BCUT2D eigenvalue weighted by atomic mass is 9.96. The van der Waals surface area contributed by atoms with Crippen molar-refractivity contribution in [2.45, 2.75) is 295 Å². The van der Waals surface area contributed by atoms with Gasteiger partial charge in [0.15, 0.2) is 12.4 Å². The summed E-state index contributed by atoms with van der Waals surface area (Å²) in [5, 5.41) is 39.2. The van der Waals surface area contributed by atoms with E-state index >= 15 is 0 Å². The summed E-state index contributed by atoms with van der Waals surface area (Å²) in [7, 11) is -4.99. The number of nitrogens with one attached hydrogen (secondary N) is 3. The Morgan fingerprint density at radius 3 is 1.38 bits per heavy atom. The van der Waals surface area contributed by atoms with Crippen LogP contribution in [-0.4, -0.2) is 130 Å². The van der Waals surface area contributed by atoms with E-state index in [2.05, 4.69) is 36.7 Å². The molecule has 0 saturated carbocycles. The van der Waals surface area contributed by atoms with Crippen LogP contribution in [0.5, 0.6) is 0 Å². The number of carboxylic acids is 2. The topological polar surface area (TPSA) is 303 Å². The Balaban J connectivity index is 3.22. The molecule has 0 bridgehead atoms. The van der Waals surface area contributed by atoms with Crippen LogP contribution in [-0.2, 0) is 56.8 Å². The standard InChI is InChI=1S/C56H104N3O17P/c1-4-7-10-13-16-19-21-24-27-30-33-36-48(61)58-44(42-73-77(69,70)71)41-72-43-46-54(68)55(76-52(67)40-57-47(60)35-32-29-26-23-18-15-12-9-6-3)53(56(75-46)74-45(38-50(63)64)39-51(65)66)59-49(62)37-34-31-28-25-22-20-17-14-11-8-5-2/h44-46,53-56,68H,4-43H2,1-3H3,(H,57,60)(H,58,61)(H,59,62)(H,63,64)(H,65,66)(H2,69,70,71)/t44-,46-,53-,54-,55-,56+/m1/s1. The lowest BCUT2D eigenvalue weighted by molar-refractivity contribution is -0.287. The Kier molecular flexibility index (Phi) is 43.4. The molecular weight excluding hydrogens is 1020 g/mol. The number of phosphoric acid groups is 1. The fraction of sp³-hybridized carbons (Fsp3) is 0.893. The van der Waals surface area contributed by atoms with E-state index in [1.54, 1.807) is 0 Å². The molecule has 450 valence electrons. The molecule has 1 heterocycles. The van der Waals surface area contributed by atoms with Crippen LogP contribution in [0.15, 0.2) is 0 Å². The highest BCUT2D eigenvalue weighted by molar-refractivity contribution is 7.46. The Labute approximate surface area is 461 Å². The van der Waals surface area contributed by atoms with Crippen LogP contribution in [0.2, 0.25) is 0 Å². The van der Waals surface area contributed by atoms with Crippen molar-refractivity contribution < 1.29 is 81.9 Å². The minimum absolute atomic E-state index is 0.0230. The minimum Gasteiger partial charge on any atom is -0.481 e. The molecule has 0 radical (unpaired) electrons. The molecule has 0 spiro atoms. The summed E-state index contributed by atoms with van der Waals surface area (Å²) in [6.45, 7) is 4.32. The van der Waals surface area contributed by atoms with Crippen molar-refractivity contribution in [3.63, 3.8) is 0 Å². The van der Waals surface area contributed by atoms with Crippen LogP contribution in [0.1, 0.15) is 252 Å². The van der Waals surface area contributed by atoms with Gasteiger partial charge in [-0.25, -0.2) is 4.57 Å². The first-order valence-corrected chi connectivity index (χ1v) is 31.3. The first-order valence-electron chi connectivity index (χ1n) is 29.7. The van der Waals surface area contributed by atoms with E-state index in [9.17, 15) is 58.4 Å². The zero-order valence-electron chi connectivity index (χ0n) is 47.4. The molecule has 20 nitrogen and oxygen atoms in total. The fourth-order valence-corrected chi connectivity index (χ4v) is 9.74. The molecule has 1 rings (SSSR count). The lowest BCUT2D eigenvalue weighted by Crippen LogP contribution is -2.66. The van der Waals surface area contributed by atoms with E-state index in [4.69, 9.17) is 23.5 Å². The molecule has 21 heteroatoms. The van der Waals surface area contributed by atoms with E-state index < -0.39 is 125 Å². The van der Waals surface area contributed by atoms with Crippen molar-refractivity contribution in [3.8, 4) is 0 Å². The Hall–Kier alpha value is -3.23. The molecule has 77 heavy (non-hydrogen) atoms. The van der Waals surface area contributed by atoms with Gasteiger partial charge in [0.25, 0.3) is 0 Å². The second-order valence-corrected chi connectivity index (χ2v) is 22.3. The average molecular weight is 1120 g/mol. The van der Waals surface area contributed by atoms with Crippen molar-refractivity contribution >= 4 is 43.5 Å². The Morgan fingerprint density at radius 2 is 0.961 bits per heavy atom. The van der Waals surface area contributed by atoms with Crippen molar-refractivity contribution in [3.05, 3.63) is 0 Å². The van der Waals surface area contributed by atoms with Gasteiger partial charge in [0.2, 0.25) is 17.7 Å². The largest absolute Gasteiger partial charge is 0.481 e. The first kappa shape index (κ1) is 71.8. The number of amides is 3. The number of aliphatic hydroxyl groups is 1. The maximum atomic E-state index is 13.6. The molecule has 0 aromatic rings. The van der Waals surface area contributed by atoms with E-state index in [0.717, 1.165) is 83.5 Å². The zero-order chi connectivity index (χ0) is 56.9. The number of phosphoric ester groups is 1.